The van der Waals surface area contributed by atoms with Crippen LogP contribution in [0.3, 0.4) is 0 Å². The zero-order valence-corrected chi connectivity index (χ0v) is 12.1. The average molecular weight is 258 g/mol. The van der Waals surface area contributed by atoms with E-state index in [9.17, 15) is 0 Å². The first-order valence-electron chi connectivity index (χ1n) is 7.84. The summed E-state index contributed by atoms with van der Waals surface area (Å²) in [5.74, 6) is 0. The van der Waals surface area contributed by atoms with Gasteiger partial charge in [-0.2, -0.15) is 0 Å². The van der Waals surface area contributed by atoms with E-state index >= 15 is 0 Å². The predicted octanol–water partition coefficient (Wildman–Crippen LogP) is 2.75. The Balaban J connectivity index is 1.49. The van der Waals surface area contributed by atoms with E-state index in [2.05, 4.69) is 35.5 Å². The van der Waals surface area contributed by atoms with Gasteiger partial charge < -0.3 is 10.2 Å². The van der Waals surface area contributed by atoms with Crippen LogP contribution >= 0.6 is 0 Å². The molecule has 0 radical (unpaired) electrons. The minimum atomic E-state index is 0.766. The summed E-state index contributed by atoms with van der Waals surface area (Å²) in [6.07, 6.45) is 7.95. The fraction of sp³-hybridized carbons (Fsp3) is 0.647. The molecular formula is C17H26N2. The predicted molar refractivity (Wildman–Crippen MR) is 80.4 cm³/mol. The Morgan fingerprint density at radius 2 is 2.11 bits per heavy atom. The van der Waals surface area contributed by atoms with Gasteiger partial charge in [-0.15, -0.1) is 0 Å². The van der Waals surface area contributed by atoms with Crippen molar-refractivity contribution in [2.24, 2.45) is 0 Å². The van der Waals surface area contributed by atoms with Crippen LogP contribution in [-0.2, 0) is 19.4 Å². The number of benzene rings is 1. The molecule has 0 bridgehead atoms. The second-order valence-corrected chi connectivity index (χ2v) is 6.28. The molecule has 1 atom stereocenters. The molecular weight excluding hydrogens is 232 g/mol. The number of nitrogens with one attached hydrogen (secondary N) is 1. The van der Waals surface area contributed by atoms with Crippen molar-refractivity contribution < 1.29 is 0 Å². The third-order valence-corrected chi connectivity index (χ3v) is 4.64. The van der Waals surface area contributed by atoms with Crippen molar-refractivity contribution in [3.8, 4) is 0 Å². The third kappa shape index (κ3) is 3.37. The Bertz CT molecular complexity index is 421. The molecule has 104 valence electrons. The Morgan fingerprint density at radius 1 is 1.21 bits per heavy atom. The lowest BCUT2D eigenvalue weighted by Crippen LogP contribution is -2.28. The summed E-state index contributed by atoms with van der Waals surface area (Å²) >= 11 is 0. The van der Waals surface area contributed by atoms with Crippen molar-refractivity contribution in [1.29, 1.82) is 0 Å². The van der Waals surface area contributed by atoms with Gasteiger partial charge in [-0.05, 0) is 75.4 Å². The first-order valence-corrected chi connectivity index (χ1v) is 7.84. The van der Waals surface area contributed by atoms with Crippen LogP contribution in [0.1, 0.15) is 42.4 Å². The lowest BCUT2D eigenvalue weighted by molar-refractivity contribution is 0.305. The molecule has 2 aliphatic rings. The quantitative estimate of drug-likeness (QED) is 0.873. The van der Waals surface area contributed by atoms with Crippen molar-refractivity contribution in [3.05, 3.63) is 34.9 Å². The Kier molecular flexibility index (Phi) is 4.19. The molecule has 1 unspecified atom stereocenters. The highest BCUT2D eigenvalue weighted by Gasteiger charge is 2.15. The molecule has 1 N–H and O–H groups in total. The van der Waals surface area contributed by atoms with E-state index in [1.807, 2.05) is 0 Å². The summed E-state index contributed by atoms with van der Waals surface area (Å²) in [7, 11) is 2.25. The molecule has 0 saturated carbocycles. The van der Waals surface area contributed by atoms with Crippen LogP contribution < -0.4 is 5.32 Å². The normalized spacial score (nSPS) is 22.1. The fourth-order valence-electron chi connectivity index (χ4n) is 3.49. The van der Waals surface area contributed by atoms with Crippen molar-refractivity contribution >= 4 is 0 Å². The summed E-state index contributed by atoms with van der Waals surface area (Å²) in [6.45, 7) is 3.52. The summed E-state index contributed by atoms with van der Waals surface area (Å²) in [6, 6.07) is 7.88. The number of fused-ring (bicyclic) bond motifs is 1. The van der Waals surface area contributed by atoms with Gasteiger partial charge in [0.05, 0.1) is 0 Å². The SMILES string of the molecule is CN(CCC1CCCN1)Cc1ccc2c(c1)CCC2. The van der Waals surface area contributed by atoms with Crippen LogP contribution in [-0.4, -0.2) is 31.1 Å². The minimum Gasteiger partial charge on any atom is -0.314 e. The van der Waals surface area contributed by atoms with Crippen molar-refractivity contribution in [2.75, 3.05) is 20.1 Å². The molecule has 2 heteroatoms. The van der Waals surface area contributed by atoms with Crippen LogP contribution in [0.2, 0.25) is 0 Å². The van der Waals surface area contributed by atoms with Gasteiger partial charge >= 0.3 is 0 Å². The van der Waals surface area contributed by atoms with Crippen molar-refractivity contribution in [1.82, 2.24) is 10.2 Å². The maximum atomic E-state index is 3.58. The zero-order chi connectivity index (χ0) is 13.1. The molecule has 1 fully saturated rings. The standard InChI is InChI=1S/C17H26N2/c1-19(11-9-17-6-3-10-18-17)13-14-7-8-15-4-2-5-16(15)12-14/h7-8,12,17-18H,2-6,9-11,13H2,1H3. The van der Waals surface area contributed by atoms with Crippen LogP contribution in [0.25, 0.3) is 0 Å². The topological polar surface area (TPSA) is 15.3 Å². The van der Waals surface area contributed by atoms with Crippen LogP contribution in [0.5, 0.6) is 0 Å². The Labute approximate surface area is 117 Å². The molecule has 3 rings (SSSR count). The third-order valence-electron chi connectivity index (χ3n) is 4.64. The molecule has 1 saturated heterocycles. The zero-order valence-electron chi connectivity index (χ0n) is 12.1. The minimum absolute atomic E-state index is 0.766. The number of nitrogens with zero attached hydrogens (tertiary/aromatic N) is 1. The molecule has 1 aliphatic heterocycles. The molecule has 1 aromatic carbocycles. The highest BCUT2D eigenvalue weighted by atomic mass is 15.1. The van der Waals surface area contributed by atoms with E-state index in [-0.39, 0.29) is 0 Å². The Morgan fingerprint density at radius 3 is 2.95 bits per heavy atom. The van der Waals surface area contributed by atoms with E-state index in [1.165, 1.54) is 57.2 Å². The molecule has 2 nitrogen and oxygen atoms in total. The maximum Gasteiger partial charge on any atom is 0.0230 e. The number of hydrogen-bond donors (Lipinski definition) is 1. The lowest BCUT2D eigenvalue weighted by atomic mass is 10.1. The smallest absolute Gasteiger partial charge is 0.0230 e. The molecule has 0 aromatic heterocycles. The summed E-state index contributed by atoms with van der Waals surface area (Å²) in [4.78, 5) is 2.47. The van der Waals surface area contributed by atoms with Crippen LogP contribution in [0, 0.1) is 0 Å². The highest BCUT2D eigenvalue weighted by Crippen LogP contribution is 2.23. The highest BCUT2D eigenvalue weighted by molar-refractivity contribution is 5.35. The molecule has 1 aromatic rings. The van der Waals surface area contributed by atoms with E-state index < -0.39 is 0 Å². The Hall–Kier alpha value is -0.860. The van der Waals surface area contributed by atoms with Crippen molar-refractivity contribution in [3.63, 3.8) is 0 Å². The molecule has 1 heterocycles. The first-order chi connectivity index (χ1) is 9.31. The van der Waals surface area contributed by atoms with Gasteiger partial charge in [-0.25, -0.2) is 0 Å². The largest absolute Gasteiger partial charge is 0.314 e. The van der Waals surface area contributed by atoms with Gasteiger partial charge in [0.15, 0.2) is 0 Å². The second-order valence-electron chi connectivity index (χ2n) is 6.28. The molecule has 1 aliphatic carbocycles. The van der Waals surface area contributed by atoms with Crippen LogP contribution in [0.15, 0.2) is 18.2 Å². The van der Waals surface area contributed by atoms with Gasteiger partial charge in [-0.1, -0.05) is 18.2 Å². The lowest BCUT2D eigenvalue weighted by Gasteiger charge is -2.19. The van der Waals surface area contributed by atoms with Gasteiger partial charge in [0, 0.05) is 12.6 Å². The van der Waals surface area contributed by atoms with E-state index in [0.29, 0.717) is 0 Å². The summed E-state index contributed by atoms with van der Waals surface area (Å²) < 4.78 is 0. The van der Waals surface area contributed by atoms with E-state index in [4.69, 9.17) is 0 Å². The van der Waals surface area contributed by atoms with Crippen LogP contribution in [0.4, 0.5) is 0 Å². The molecule has 0 spiro atoms. The number of aryl methyl sites for hydroxylation is 2. The molecule has 19 heavy (non-hydrogen) atoms. The fourth-order valence-corrected chi connectivity index (χ4v) is 3.49. The van der Waals surface area contributed by atoms with E-state index in [1.54, 1.807) is 11.1 Å². The summed E-state index contributed by atoms with van der Waals surface area (Å²) in [5.41, 5.74) is 4.67. The van der Waals surface area contributed by atoms with Gasteiger partial charge in [0.2, 0.25) is 0 Å². The van der Waals surface area contributed by atoms with Gasteiger partial charge in [0.25, 0.3) is 0 Å². The average Bonchev–Trinajstić information content (AvgIpc) is 3.07. The molecule has 0 amide bonds. The van der Waals surface area contributed by atoms with Gasteiger partial charge in [0.1, 0.15) is 0 Å². The second kappa shape index (κ2) is 6.06. The van der Waals surface area contributed by atoms with E-state index in [0.717, 1.165) is 12.6 Å². The number of hydrogen-bond acceptors (Lipinski definition) is 2. The first kappa shape index (κ1) is 13.1. The summed E-state index contributed by atoms with van der Waals surface area (Å²) in [5, 5.41) is 3.58. The maximum absolute atomic E-state index is 3.58. The van der Waals surface area contributed by atoms with Gasteiger partial charge in [-0.3, -0.25) is 0 Å². The number of rotatable bonds is 5. The van der Waals surface area contributed by atoms with Crippen molar-refractivity contribution in [2.45, 2.75) is 51.1 Å². The monoisotopic (exact) mass is 258 g/mol.